The maximum Gasteiger partial charge on any atom is 0.188 e. The van der Waals surface area contributed by atoms with Crippen molar-refractivity contribution >= 4 is 29.9 Å². The Morgan fingerprint density at radius 1 is 1.23 bits per heavy atom. The van der Waals surface area contributed by atoms with Gasteiger partial charge in [0.1, 0.15) is 5.75 Å². The minimum Gasteiger partial charge on any atom is -0.496 e. The van der Waals surface area contributed by atoms with Crippen molar-refractivity contribution in [2.75, 3.05) is 40.5 Å². The average molecular weight is 476 g/mol. The van der Waals surface area contributed by atoms with E-state index >= 15 is 0 Å². The van der Waals surface area contributed by atoms with Gasteiger partial charge < -0.3 is 20.5 Å². The summed E-state index contributed by atoms with van der Waals surface area (Å²) < 4.78 is 10.7. The average Bonchev–Trinajstić information content (AvgIpc) is 2.63. The first-order chi connectivity index (χ1) is 12.2. The van der Waals surface area contributed by atoms with E-state index in [0.717, 1.165) is 18.8 Å². The predicted molar refractivity (Wildman–Crippen MR) is 118 cm³/mol. The van der Waals surface area contributed by atoms with Crippen molar-refractivity contribution < 1.29 is 9.47 Å². The summed E-state index contributed by atoms with van der Waals surface area (Å²) in [6, 6.07) is 8.51. The Labute approximate surface area is 174 Å². The molecule has 1 heterocycles. The smallest absolute Gasteiger partial charge is 0.188 e. The van der Waals surface area contributed by atoms with Crippen molar-refractivity contribution in [3.8, 4) is 5.75 Å². The Kier molecular flexibility index (Phi) is 10.9. The maximum atomic E-state index is 6.06. The van der Waals surface area contributed by atoms with Crippen molar-refractivity contribution in [3.05, 3.63) is 29.8 Å². The lowest BCUT2D eigenvalue weighted by atomic mass is 10.0. The molecule has 0 amide bonds. The number of nitrogens with two attached hydrogens (primary N) is 1. The van der Waals surface area contributed by atoms with Crippen LogP contribution in [0.25, 0.3) is 0 Å². The Bertz CT molecular complexity index is 550. The molecule has 0 aliphatic carbocycles. The van der Waals surface area contributed by atoms with E-state index in [1.807, 2.05) is 19.1 Å². The van der Waals surface area contributed by atoms with Crippen molar-refractivity contribution in [2.45, 2.75) is 38.3 Å². The summed E-state index contributed by atoms with van der Waals surface area (Å²) in [5.74, 6) is 1.37. The van der Waals surface area contributed by atoms with E-state index in [9.17, 15) is 0 Å². The molecular weight excluding hydrogens is 443 g/mol. The molecule has 0 spiro atoms. The predicted octanol–water partition coefficient (Wildman–Crippen LogP) is 2.78. The number of nitrogens with one attached hydrogen (secondary N) is 1. The lowest BCUT2D eigenvalue weighted by Gasteiger charge is -2.34. The highest BCUT2D eigenvalue weighted by atomic mass is 127. The summed E-state index contributed by atoms with van der Waals surface area (Å²) >= 11 is 0. The van der Waals surface area contributed by atoms with E-state index < -0.39 is 0 Å². The first-order valence-electron chi connectivity index (χ1n) is 9.08. The molecule has 2 unspecified atom stereocenters. The molecular formula is C19H33IN4O2. The van der Waals surface area contributed by atoms with Gasteiger partial charge in [-0.2, -0.15) is 0 Å². The topological polar surface area (TPSA) is 72.1 Å². The van der Waals surface area contributed by atoms with Crippen LogP contribution in [-0.2, 0) is 4.74 Å². The van der Waals surface area contributed by atoms with Gasteiger partial charge in [0.15, 0.2) is 5.96 Å². The second-order valence-corrected chi connectivity index (χ2v) is 6.58. The molecule has 1 aliphatic rings. The molecule has 1 aromatic rings. The van der Waals surface area contributed by atoms with Crippen LogP contribution in [0.2, 0.25) is 0 Å². The van der Waals surface area contributed by atoms with Gasteiger partial charge in [-0.3, -0.25) is 9.89 Å². The van der Waals surface area contributed by atoms with Gasteiger partial charge in [0.25, 0.3) is 0 Å². The molecule has 0 saturated carbocycles. The Morgan fingerprint density at radius 3 is 2.58 bits per heavy atom. The lowest BCUT2D eigenvalue weighted by molar-refractivity contribution is 0.165. The Balaban J connectivity index is 0.00000338. The summed E-state index contributed by atoms with van der Waals surface area (Å²) in [4.78, 5) is 7.10. The van der Waals surface area contributed by atoms with E-state index in [-0.39, 0.29) is 36.1 Å². The third-order valence-electron chi connectivity index (χ3n) is 4.57. The monoisotopic (exact) mass is 476 g/mol. The number of ether oxygens (including phenoxy) is 2. The second kappa shape index (κ2) is 12.3. The van der Waals surface area contributed by atoms with Gasteiger partial charge in [-0.05, 0) is 38.9 Å². The zero-order valence-electron chi connectivity index (χ0n) is 16.1. The van der Waals surface area contributed by atoms with E-state index in [1.54, 1.807) is 14.2 Å². The third kappa shape index (κ3) is 6.92. The van der Waals surface area contributed by atoms with Crippen LogP contribution in [0.1, 0.15) is 37.8 Å². The number of likely N-dealkylation sites (tertiary alicyclic amines) is 1. The fourth-order valence-corrected chi connectivity index (χ4v) is 3.36. The molecule has 1 saturated heterocycles. The van der Waals surface area contributed by atoms with Crippen LogP contribution in [0.5, 0.6) is 5.75 Å². The number of rotatable bonds is 8. The van der Waals surface area contributed by atoms with Crippen LogP contribution < -0.4 is 15.8 Å². The van der Waals surface area contributed by atoms with E-state index in [0.29, 0.717) is 19.1 Å². The summed E-state index contributed by atoms with van der Waals surface area (Å²) in [6.07, 6.45) is 3.76. The number of methoxy groups -OCH3 is 2. The standard InChI is InChI=1S/C19H32N4O2.HI/c1-15(14-24-2)22-19(20)21-13-17(23-11-7-4-8-12-23)16-9-5-6-10-18(16)25-3;/h5-6,9-10,15,17H,4,7-8,11-14H2,1-3H3,(H3,20,21,22);1H. The number of halogens is 1. The summed E-state index contributed by atoms with van der Waals surface area (Å²) in [5, 5.41) is 3.17. The van der Waals surface area contributed by atoms with Crippen molar-refractivity contribution in [2.24, 2.45) is 10.7 Å². The van der Waals surface area contributed by atoms with E-state index in [2.05, 4.69) is 27.3 Å². The molecule has 0 bridgehead atoms. The lowest BCUT2D eigenvalue weighted by Crippen LogP contribution is -2.41. The highest BCUT2D eigenvalue weighted by Gasteiger charge is 2.24. The van der Waals surface area contributed by atoms with Gasteiger partial charge in [-0.15, -0.1) is 24.0 Å². The van der Waals surface area contributed by atoms with Gasteiger partial charge in [0.2, 0.25) is 0 Å². The molecule has 26 heavy (non-hydrogen) atoms. The van der Waals surface area contributed by atoms with Gasteiger partial charge in [-0.25, -0.2) is 0 Å². The number of hydrogen-bond donors (Lipinski definition) is 2. The maximum absolute atomic E-state index is 6.06. The molecule has 2 atom stereocenters. The van der Waals surface area contributed by atoms with Crippen LogP contribution >= 0.6 is 24.0 Å². The van der Waals surface area contributed by atoms with Crippen LogP contribution in [0.3, 0.4) is 0 Å². The van der Waals surface area contributed by atoms with Crippen LogP contribution in [0.4, 0.5) is 0 Å². The molecule has 1 fully saturated rings. The molecule has 6 nitrogen and oxygen atoms in total. The SMILES string of the molecule is COCC(C)NC(N)=NCC(c1ccccc1OC)N1CCCCC1.I. The number of nitrogens with zero attached hydrogens (tertiary/aromatic N) is 2. The summed E-state index contributed by atoms with van der Waals surface area (Å²) in [6.45, 7) is 5.41. The van der Waals surface area contributed by atoms with Crippen molar-refractivity contribution in [1.29, 1.82) is 0 Å². The van der Waals surface area contributed by atoms with Crippen LogP contribution in [-0.4, -0.2) is 57.4 Å². The van der Waals surface area contributed by atoms with Crippen molar-refractivity contribution in [3.63, 3.8) is 0 Å². The third-order valence-corrected chi connectivity index (χ3v) is 4.57. The molecule has 0 radical (unpaired) electrons. The normalized spacial score (nSPS) is 17.9. The van der Waals surface area contributed by atoms with E-state index in [1.165, 1.54) is 24.8 Å². The van der Waals surface area contributed by atoms with Gasteiger partial charge in [0, 0.05) is 18.7 Å². The van der Waals surface area contributed by atoms with Crippen LogP contribution in [0.15, 0.2) is 29.3 Å². The molecule has 2 rings (SSSR count). The van der Waals surface area contributed by atoms with E-state index in [4.69, 9.17) is 15.2 Å². The van der Waals surface area contributed by atoms with Crippen LogP contribution in [0, 0.1) is 0 Å². The summed E-state index contributed by atoms with van der Waals surface area (Å²) in [7, 11) is 3.40. The number of hydrogen-bond acceptors (Lipinski definition) is 4. The first kappa shape index (κ1) is 23.0. The number of benzene rings is 1. The van der Waals surface area contributed by atoms with Gasteiger partial charge >= 0.3 is 0 Å². The van der Waals surface area contributed by atoms with Gasteiger partial charge in [0.05, 0.1) is 26.3 Å². The summed E-state index contributed by atoms with van der Waals surface area (Å²) in [5.41, 5.74) is 7.24. The minimum absolute atomic E-state index is 0. The molecule has 1 aliphatic heterocycles. The largest absolute Gasteiger partial charge is 0.496 e. The zero-order valence-corrected chi connectivity index (χ0v) is 18.4. The quantitative estimate of drug-likeness (QED) is 0.343. The number of aliphatic imine (C=N–C) groups is 1. The minimum atomic E-state index is 0. The fraction of sp³-hybridized carbons (Fsp3) is 0.632. The number of guanidine groups is 1. The first-order valence-corrected chi connectivity index (χ1v) is 9.08. The molecule has 3 N–H and O–H groups in total. The number of para-hydroxylation sites is 1. The molecule has 1 aromatic carbocycles. The van der Waals surface area contributed by atoms with Crippen molar-refractivity contribution in [1.82, 2.24) is 10.2 Å². The van der Waals surface area contributed by atoms with Gasteiger partial charge in [-0.1, -0.05) is 24.6 Å². The Hall–Kier alpha value is -1.06. The highest BCUT2D eigenvalue weighted by Crippen LogP contribution is 2.31. The second-order valence-electron chi connectivity index (χ2n) is 6.58. The molecule has 148 valence electrons. The number of piperidine rings is 1. The fourth-order valence-electron chi connectivity index (χ4n) is 3.36. The molecule has 7 heteroatoms. The highest BCUT2D eigenvalue weighted by molar-refractivity contribution is 14.0. The molecule has 0 aromatic heterocycles. The Morgan fingerprint density at radius 2 is 1.92 bits per heavy atom. The zero-order chi connectivity index (χ0) is 18.1.